The van der Waals surface area contributed by atoms with Crippen LogP contribution in [0.4, 0.5) is 0 Å². The maximum atomic E-state index is 13.0. The summed E-state index contributed by atoms with van der Waals surface area (Å²) < 4.78 is 22.6. The molecule has 0 aliphatic heterocycles. The van der Waals surface area contributed by atoms with Gasteiger partial charge >= 0.3 is 0 Å². The summed E-state index contributed by atoms with van der Waals surface area (Å²) in [6.07, 6.45) is 4.74. The SMILES string of the molecule is COc1ccc(COc2ccc(C(=O)Cc3cncnc3)c(Cl)c2OCc2ccc(OC)cc2)cc1. The van der Waals surface area contributed by atoms with E-state index >= 15 is 0 Å². The van der Waals surface area contributed by atoms with Crippen LogP contribution in [0.5, 0.6) is 23.0 Å². The number of hydrogen-bond acceptors (Lipinski definition) is 7. The number of aromatic nitrogens is 2. The zero-order valence-corrected chi connectivity index (χ0v) is 20.7. The second-order valence-electron chi connectivity index (χ2n) is 7.87. The number of ketones is 1. The van der Waals surface area contributed by atoms with Crippen molar-refractivity contribution in [1.29, 1.82) is 0 Å². The Morgan fingerprint density at radius 3 is 1.86 bits per heavy atom. The molecule has 0 bridgehead atoms. The smallest absolute Gasteiger partial charge is 0.180 e. The van der Waals surface area contributed by atoms with Gasteiger partial charge in [-0.05, 0) is 53.1 Å². The van der Waals surface area contributed by atoms with Crippen LogP contribution in [0.2, 0.25) is 5.02 Å². The number of hydrogen-bond donors (Lipinski definition) is 0. The zero-order valence-electron chi connectivity index (χ0n) is 19.9. The molecule has 0 spiro atoms. The van der Waals surface area contributed by atoms with Crippen LogP contribution in [0.15, 0.2) is 79.4 Å². The fourth-order valence-electron chi connectivity index (χ4n) is 3.46. The maximum Gasteiger partial charge on any atom is 0.180 e. The monoisotopic (exact) mass is 504 g/mol. The van der Waals surface area contributed by atoms with Gasteiger partial charge in [0.05, 0.1) is 19.2 Å². The number of carbonyl (C=O) groups excluding carboxylic acids is 1. The Morgan fingerprint density at radius 1 is 0.750 bits per heavy atom. The molecule has 0 atom stereocenters. The highest BCUT2D eigenvalue weighted by Gasteiger charge is 2.20. The number of nitrogens with zero attached hydrogens (tertiary/aromatic N) is 2. The first-order valence-electron chi connectivity index (χ1n) is 11.2. The molecule has 0 unspecified atom stereocenters. The van der Waals surface area contributed by atoms with Crippen LogP contribution < -0.4 is 18.9 Å². The van der Waals surface area contributed by atoms with Crippen LogP contribution >= 0.6 is 11.6 Å². The van der Waals surface area contributed by atoms with Crippen LogP contribution in [0.3, 0.4) is 0 Å². The van der Waals surface area contributed by atoms with Gasteiger partial charge in [0.2, 0.25) is 0 Å². The number of benzene rings is 3. The highest BCUT2D eigenvalue weighted by Crippen LogP contribution is 2.39. The van der Waals surface area contributed by atoms with Gasteiger partial charge in [0.1, 0.15) is 31.0 Å². The summed E-state index contributed by atoms with van der Waals surface area (Å²) >= 11 is 6.72. The lowest BCUT2D eigenvalue weighted by Crippen LogP contribution is -2.08. The van der Waals surface area contributed by atoms with Crippen molar-refractivity contribution < 1.29 is 23.7 Å². The first-order valence-corrected chi connectivity index (χ1v) is 11.6. The van der Waals surface area contributed by atoms with Gasteiger partial charge in [-0.25, -0.2) is 9.97 Å². The fourth-order valence-corrected chi connectivity index (χ4v) is 3.78. The second kappa shape index (κ2) is 12.0. The Balaban J connectivity index is 1.57. The van der Waals surface area contributed by atoms with Crippen LogP contribution in [0.25, 0.3) is 0 Å². The minimum atomic E-state index is -0.175. The van der Waals surface area contributed by atoms with Gasteiger partial charge in [-0.1, -0.05) is 35.9 Å². The molecule has 0 aliphatic rings. The topological polar surface area (TPSA) is 79.8 Å². The number of Topliss-reactive ketones (excluding diaryl/α,β-unsaturated/α-hetero) is 1. The molecular weight excluding hydrogens is 480 g/mol. The number of halogens is 1. The number of rotatable bonds is 11. The molecule has 1 heterocycles. The summed E-state index contributed by atoms with van der Waals surface area (Å²) in [6.45, 7) is 0.515. The molecule has 1 aromatic heterocycles. The van der Waals surface area contributed by atoms with E-state index < -0.39 is 0 Å². The van der Waals surface area contributed by atoms with E-state index in [-0.39, 0.29) is 30.4 Å². The molecule has 0 aliphatic carbocycles. The molecule has 8 heteroatoms. The van der Waals surface area contributed by atoms with E-state index in [0.717, 1.165) is 22.6 Å². The lowest BCUT2D eigenvalue weighted by molar-refractivity contribution is 0.0992. The second-order valence-corrected chi connectivity index (χ2v) is 8.25. The molecule has 0 radical (unpaired) electrons. The van der Waals surface area contributed by atoms with Crippen molar-refractivity contribution in [3.05, 3.63) is 107 Å². The fraction of sp³-hybridized carbons (Fsp3) is 0.179. The summed E-state index contributed by atoms with van der Waals surface area (Å²) in [4.78, 5) is 21.0. The standard InChI is InChI=1S/C28H25ClN2O5/c1-33-22-7-3-19(4-8-22)16-35-26-12-11-24(25(32)13-21-14-30-18-31-15-21)27(29)28(26)36-17-20-5-9-23(34-2)10-6-20/h3-12,14-15,18H,13,16-17H2,1-2H3. The van der Waals surface area contributed by atoms with Crippen molar-refractivity contribution in [2.45, 2.75) is 19.6 Å². The van der Waals surface area contributed by atoms with Gasteiger partial charge in [0.15, 0.2) is 17.3 Å². The van der Waals surface area contributed by atoms with Crippen molar-refractivity contribution in [2.24, 2.45) is 0 Å². The third-order valence-electron chi connectivity index (χ3n) is 5.44. The maximum absolute atomic E-state index is 13.0. The Morgan fingerprint density at radius 2 is 1.31 bits per heavy atom. The van der Waals surface area contributed by atoms with Gasteiger partial charge in [0, 0.05) is 24.4 Å². The van der Waals surface area contributed by atoms with E-state index in [1.165, 1.54) is 6.33 Å². The molecule has 0 amide bonds. The molecule has 0 saturated carbocycles. The molecule has 184 valence electrons. The van der Waals surface area contributed by atoms with Gasteiger partial charge in [0.25, 0.3) is 0 Å². The van der Waals surface area contributed by atoms with Gasteiger partial charge in [-0.2, -0.15) is 0 Å². The molecule has 0 saturated heterocycles. The van der Waals surface area contributed by atoms with E-state index in [2.05, 4.69) is 9.97 Å². The van der Waals surface area contributed by atoms with Gasteiger partial charge < -0.3 is 18.9 Å². The largest absolute Gasteiger partial charge is 0.497 e. The summed E-state index contributed by atoms with van der Waals surface area (Å²) in [6, 6.07) is 18.4. The van der Waals surface area contributed by atoms with Crippen LogP contribution in [0.1, 0.15) is 27.0 Å². The number of ether oxygens (including phenoxy) is 4. The Labute approximate surface area is 214 Å². The van der Waals surface area contributed by atoms with Crippen LogP contribution in [-0.4, -0.2) is 30.0 Å². The Bertz CT molecular complexity index is 1300. The quantitative estimate of drug-likeness (QED) is 0.241. The van der Waals surface area contributed by atoms with E-state index in [9.17, 15) is 4.79 Å². The summed E-state index contributed by atoms with van der Waals surface area (Å²) in [7, 11) is 3.23. The van der Waals surface area contributed by atoms with Crippen molar-refractivity contribution in [1.82, 2.24) is 9.97 Å². The van der Waals surface area contributed by atoms with Crippen LogP contribution in [0, 0.1) is 0 Å². The minimum Gasteiger partial charge on any atom is -0.497 e. The van der Waals surface area contributed by atoms with Gasteiger partial charge in [-0.3, -0.25) is 4.79 Å². The average Bonchev–Trinajstić information content (AvgIpc) is 2.92. The summed E-state index contributed by atoms with van der Waals surface area (Å²) in [5.41, 5.74) is 2.88. The van der Waals surface area contributed by atoms with Crippen molar-refractivity contribution in [2.75, 3.05) is 14.2 Å². The normalized spacial score (nSPS) is 10.5. The zero-order chi connectivity index (χ0) is 25.3. The van der Waals surface area contributed by atoms with Crippen molar-refractivity contribution >= 4 is 17.4 Å². The summed E-state index contributed by atoms with van der Waals surface area (Å²) in [5, 5.41) is 0.192. The first kappa shape index (κ1) is 25.0. The van der Waals surface area contributed by atoms with E-state index in [0.29, 0.717) is 22.6 Å². The first-order chi connectivity index (χ1) is 17.6. The van der Waals surface area contributed by atoms with Gasteiger partial charge in [-0.15, -0.1) is 0 Å². The van der Waals surface area contributed by atoms with Crippen LogP contribution in [-0.2, 0) is 19.6 Å². The summed E-state index contributed by atoms with van der Waals surface area (Å²) in [5.74, 6) is 2.07. The Kier molecular flexibility index (Phi) is 8.36. The Hall–Kier alpha value is -4.10. The number of methoxy groups -OCH3 is 2. The molecule has 7 nitrogen and oxygen atoms in total. The highest BCUT2D eigenvalue weighted by molar-refractivity contribution is 6.35. The third-order valence-corrected chi connectivity index (χ3v) is 5.81. The molecule has 0 N–H and O–H groups in total. The van der Waals surface area contributed by atoms with Crippen molar-refractivity contribution in [3.63, 3.8) is 0 Å². The third kappa shape index (κ3) is 6.31. The predicted molar refractivity (Wildman–Crippen MR) is 136 cm³/mol. The minimum absolute atomic E-state index is 0.116. The lowest BCUT2D eigenvalue weighted by atomic mass is 10.0. The molecular formula is C28H25ClN2O5. The molecule has 3 aromatic carbocycles. The van der Waals surface area contributed by atoms with E-state index in [1.54, 1.807) is 38.7 Å². The molecule has 4 aromatic rings. The molecule has 4 rings (SSSR count). The lowest BCUT2D eigenvalue weighted by Gasteiger charge is -2.17. The molecule has 0 fully saturated rings. The highest BCUT2D eigenvalue weighted by atomic mass is 35.5. The van der Waals surface area contributed by atoms with E-state index in [1.807, 2.05) is 48.5 Å². The molecule has 36 heavy (non-hydrogen) atoms. The predicted octanol–water partition coefficient (Wildman–Crippen LogP) is 5.73. The van der Waals surface area contributed by atoms with Crippen molar-refractivity contribution in [3.8, 4) is 23.0 Å². The number of carbonyl (C=O) groups is 1. The van der Waals surface area contributed by atoms with E-state index in [4.69, 9.17) is 30.5 Å². The average molecular weight is 505 g/mol.